The van der Waals surface area contributed by atoms with Gasteiger partial charge >= 0.3 is 6.18 Å². The van der Waals surface area contributed by atoms with Crippen LogP contribution in [0.15, 0.2) is 36.5 Å². The summed E-state index contributed by atoms with van der Waals surface area (Å²) in [6, 6.07) is 7.77. The molecule has 2 aromatic heterocycles. The van der Waals surface area contributed by atoms with Crippen molar-refractivity contribution in [3.63, 3.8) is 0 Å². The van der Waals surface area contributed by atoms with Crippen molar-refractivity contribution >= 4 is 11.6 Å². The van der Waals surface area contributed by atoms with Gasteiger partial charge < -0.3 is 5.32 Å². The fourth-order valence-corrected chi connectivity index (χ4v) is 3.35. The summed E-state index contributed by atoms with van der Waals surface area (Å²) < 4.78 is 38.3. The Labute approximate surface area is 145 Å². The second-order valence-corrected chi connectivity index (χ2v) is 6.55. The van der Waals surface area contributed by atoms with Gasteiger partial charge in [0.25, 0.3) is 0 Å². The number of rotatable bonds is 3. The zero-order valence-electron chi connectivity index (χ0n) is 14.0. The Kier molecular flexibility index (Phi) is 5.56. The highest BCUT2D eigenvalue weighted by molar-refractivity contribution is 5.52. The van der Waals surface area contributed by atoms with Crippen molar-refractivity contribution in [3.05, 3.63) is 47.8 Å². The first-order chi connectivity index (χ1) is 12.0. The maximum absolute atomic E-state index is 12.8. The Balaban J connectivity index is 1.75. The van der Waals surface area contributed by atoms with Crippen LogP contribution < -0.4 is 5.32 Å². The van der Waals surface area contributed by atoms with E-state index in [9.17, 15) is 13.2 Å². The van der Waals surface area contributed by atoms with Crippen LogP contribution in [0.2, 0.25) is 0 Å². The van der Waals surface area contributed by atoms with E-state index >= 15 is 0 Å². The Morgan fingerprint density at radius 2 is 1.64 bits per heavy atom. The average Bonchev–Trinajstić information content (AvgIpc) is 2.54. The van der Waals surface area contributed by atoms with Gasteiger partial charge in [-0.15, -0.1) is 0 Å². The second-order valence-electron chi connectivity index (χ2n) is 6.55. The van der Waals surface area contributed by atoms with E-state index in [0.29, 0.717) is 11.7 Å². The van der Waals surface area contributed by atoms with E-state index < -0.39 is 11.9 Å². The standard InChI is InChI=1S/C19H22F3N3/c20-19(21,22)16-9-6-10-17(24-16)25-18-13-15(11-12-23-18)14-7-4-2-1-3-5-8-14/h6,9-14H,1-5,7-8H2,(H,23,24,25). The molecular weight excluding hydrogens is 327 g/mol. The molecule has 0 saturated heterocycles. The van der Waals surface area contributed by atoms with E-state index in [-0.39, 0.29) is 5.82 Å². The quantitative estimate of drug-likeness (QED) is 0.731. The zero-order chi connectivity index (χ0) is 17.7. The summed E-state index contributed by atoms with van der Waals surface area (Å²) in [6.45, 7) is 0. The molecule has 0 aliphatic heterocycles. The van der Waals surface area contributed by atoms with Crippen molar-refractivity contribution in [2.75, 3.05) is 5.32 Å². The minimum Gasteiger partial charge on any atom is -0.325 e. The molecule has 2 aromatic rings. The van der Waals surface area contributed by atoms with Crippen molar-refractivity contribution in [3.8, 4) is 0 Å². The molecule has 25 heavy (non-hydrogen) atoms. The Hall–Kier alpha value is -2.11. The lowest BCUT2D eigenvalue weighted by Gasteiger charge is -2.20. The highest BCUT2D eigenvalue weighted by atomic mass is 19.4. The fraction of sp³-hybridized carbons (Fsp3) is 0.474. The first-order valence-corrected chi connectivity index (χ1v) is 8.79. The van der Waals surface area contributed by atoms with Crippen molar-refractivity contribution in [2.45, 2.75) is 57.0 Å². The number of halogens is 3. The SMILES string of the molecule is FC(F)(F)c1cccc(Nc2cc(C3CCCCCCC3)ccn2)n1. The van der Waals surface area contributed by atoms with Crippen molar-refractivity contribution in [1.29, 1.82) is 0 Å². The van der Waals surface area contributed by atoms with Gasteiger partial charge in [0.1, 0.15) is 17.3 Å². The number of hydrogen-bond acceptors (Lipinski definition) is 3. The normalized spacial score (nSPS) is 16.9. The first kappa shape index (κ1) is 17.7. The summed E-state index contributed by atoms with van der Waals surface area (Å²) in [5, 5.41) is 2.90. The molecule has 0 spiro atoms. The van der Waals surface area contributed by atoms with E-state index in [1.54, 1.807) is 6.20 Å². The summed E-state index contributed by atoms with van der Waals surface area (Å²) in [5.74, 6) is 1.18. The van der Waals surface area contributed by atoms with Gasteiger partial charge in [0.05, 0.1) is 0 Å². The van der Waals surface area contributed by atoms with Gasteiger partial charge in [-0.05, 0) is 48.6 Å². The van der Waals surface area contributed by atoms with Gasteiger partial charge in [-0.25, -0.2) is 9.97 Å². The largest absolute Gasteiger partial charge is 0.433 e. The second kappa shape index (κ2) is 7.85. The van der Waals surface area contributed by atoms with Crippen LogP contribution in [-0.2, 0) is 6.18 Å². The highest BCUT2D eigenvalue weighted by Crippen LogP contribution is 2.32. The number of anilines is 2. The highest BCUT2D eigenvalue weighted by Gasteiger charge is 2.32. The number of hydrogen-bond donors (Lipinski definition) is 1. The third-order valence-electron chi connectivity index (χ3n) is 4.66. The smallest absolute Gasteiger partial charge is 0.325 e. The van der Waals surface area contributed by atoms with Gasteiger partial charge in [-0.1, -0.05) is 38.2 Å². The molecule has 6 heteroatoms. The van der Waals surface area contributed by atoms with Gasteiger partial charge in [0.2, 0.25) is 0 Å². The van der Waals surface area contributed by atoms with E-state index in [1.165, 1.54) is 49.8 Å². The number of nitrogens with zero attached hydrogens (tertiary/aromatic N) is 2. The van der Waals surface area contributed by atoms with Crippen LogP contribution in [0.25, 0.3) is 0 Å². The number of pyridine rings is 2. The van der Waals surface area contributed by atoms with Crippen LogP contribution in [-0.4, -0.2) is 9.97 Å². The molecule has 1 N–H and O–H groups in total. The Morgan fingerprint density at radius 1 is 0.920 bits per heavy atom. The molecule has 1 fully saturated rings. The third-order valence-corrected chi connectivity index (χ3v) is 4.66. The van der Waals surface area contributed by atoms with Gasteiger partial charge in [0.15, 0.2) is 0 Å². The van der Waals surface area contributed by atoms with E-state index in [4.69, 9.17) is 0 Å². The molecule has 134 valence electrons. The van der Waals surface area contributed by atoms with Crippen molar-refractivity contribution < 1.29 is 13.2 Å². The lowest BCUT2D eigenvalue weighted by Crippen LogP contribution is -2.09. The molecule has 1 aliphatic carbocycles. The van der Waals surface area contributed by atoms with Crippen molar-refractivity contribution in [2.24, 2.45) is 0 Å². The maximum atomic E-state index is 12.8. The van der Waals surface area contributed by atoms with Crippen LogP contribution in [0, 0.1) is 0 Å². The maximum Gasteiger partial charge on any atom is 0.433 e. The number of alkyl halides is 3. The number of aromatic nitrogens is 2. The Morgan fingerprint density at radius 3 is 2.36 bits per heavy atom. The minimum absolute atomic E-state index is 0.150. The molecule has 1 aliphatic rings. The molecule has 3 rings (SSSR count). The lowest BCUT2D eigenvalue weighted by atomic mass is 9.86. The summed E-state index contributed by atoms with van der Waals surface area (Å²) in [7, 11) is 0. The third kappa shape index (κ3) is 4.94. The molecule has 0 amide bonds. The average molecular weight is 349 g/mol. The fourth-order valence-electron chi connectivity index (χ4n) is 3.35. The van der Waals surface area contributed by atoms with Gasteiger partial charge in [-0.2, -0.15) is 13.2 Å². The summed E-state index contributed by atoms with van der Waals surface area (Å²) in [5.41, 5.74) is 0.292. The summed E-state index contributed by atoms with van der Waals surface area (Å²) in [4.78, 5) is 7.86. The van der Waals surface area contributed by atoms with E-state index in [2.05, 4.69) is 15.3 Å². The van der Waals surface area contributed by atoms with Gasteiger partial charge in [0, 0.05) is 6.20 Å². The molecule has 3 nitrogen and oxygen atoms in total. The van der Waals surface area contributed by atoms with Crippen LogP contribution in [0.4, 0.5) is 24.8 Å². The summed E-state index contributed by atoms with van der Waals surface area (Å²) in [6.07, 6.45) is 5.90. The molecule has 0 unspecified atom stereocenters. The molecule has 0 bridgehead atoms. The lowest BCUT2D eigenvalue weighted by molar-refractivity contribution is -0.141. The monoisotopic (exact) mass is 349 g/mol. The molecular formula is C19H22F3N3. The predicted octanol–water partition coefficient (Wildman–Crippen LogP) is 6.07. The summed E-state index contributed by atoms with van der Waals surface area (Å²) >= 11 is 0. The van der Waals surface area contributed by atoms with Gasteiger partial charge in [-0.3, -0.25) is 0 Å². The van der Waals surface area contributed by atoms with Crippen LogP contribution >= 0.6 is 0 Å². The molecule has 2 heterocycles. The Bertz CT molecular complexity index is 692. The van der Waals surface area contributed by atoms with Crippen LogP contribution in [0.5, 0.6) is 0 Å². The molecule has 0 radical (unpaired) electrons. The molecule has 0 aromatic carbocycles. The zero-order valence-corrected chi connectivity index (χ0v) is 14.0. The topological polar surface area (TPSA) is 37.8 Å². The minimum atomic E-state index is -4.45. The van der Waals surface area contributed by atoms with Crippen LogP contribution in [0.1, 0.15) is 62.1 Å². The molecule has 1 saturated carbocycles. The van der Waals surface area contributed by atoms with E-state index in [0.717, 1.165) is 18.9 Å². The van der Waals surface area contributed by atoms with Crippen molar-refractivity contribution in [1.82, 2.24) is 9.97 Å². The predicted molar refractivity (Wildman–Crippen MR) is 91.8 cm³/mol. The van der Waals surface area contributed by atoms with E-state index in [1.807, 2.05) is 12.1 Å². The van der Waals surface area contributed by atoms with Crippen LogP contribution in [0.3, 0.4) is 0 Å². The number of nitrogens with one attached hydrogen (secondary N) is 1. The molecule has 0 atom stereocenters. The first-order valence-electron chi connectivity index (χ1n) is 8.79.